The lowest BCUT2D eigenvalue weighted by Gasteiger charge is -2.52. The first-order chi connectivity index (χ1) is 16.8. The first-order valence-corrected chi connectivity index (χ1v) is 12.0. The maximum atomic E-state index is 12.9. The molecular weight excluding hydrogens is 474 g/mol. The van der Waals surface area contributed by atoms with Gasteiger partial charge >= 0.3 is 5.97 Å². The number of nitrogens with one attached hydrogen (secondary N) is 1. The van der Waals surface area contributed by atoms with Crippen LogP contribution in [0.3, 0.4) is 0 Å². The average molecular weight is 493 g/mol. The second kappa shape index (κ2) is 8.58. The molecule has 3 unspecified atom stereocenters. The molecular formula is C24H19N3O7S. The SMILES string of the molecule is C=C1CS(=O)[C@H]2C(NC(=O)c3ccccc3)C(=O)N2C1C(=O)OCN1C(=O)c2ccccc2C1=O. The van der Waals surface area contributed by atoms with Crippen molar-refractivity contribution in [2.75, 3.05) is 12.5 Å². The maximum absolute atomic E-state index is 12.9. The van der Waals surface area contributed by atoms with E-state index in [4.69, 9.17) is 4.74 Å². The maximum Gasteiger partial charge on any atom is 0.335 e. The van der Waals surface area contributed by atoms with Crippen LogP contribution in [0.4, 0.5) is 0 Å². The third-order valence-electron chi connectivity index (χ3n) is 6.10. The largest absolute Gasteiger partial charge is 0.442 e. The van der Waals surface area contributed by atoms with Crippen molar-refractivity contribution in [3.05, 3.63) is 83.4 Å². The Morgan fingerprint density at radius 1 is 1.00 bits per heavy atom. The van der Waals surface area contributed by atoms with Crippen LogP contribution in [0.25, 0.3) is 0 Å². The molecule has 3 aliphatic heterocycles. The van der Waals surface area contributed by atoms with E-state index in [1.165, 1.54) is 12.1 Å². The number of hydrogen-bond acceptors (Lipinski definition) is 7. The number of imide groups is 1. The Morgan fingerprint density at radius 3 is 2.23 bits per heavy atom. The van der Waals surface area contributed by atoms with Crippen LogP contribution < -0.4 is 5.32 Å². The second-order valence-corrected chi connectivity index (χ2v) is 9.75. The van der Waals surface area contributed by atoms with Crippen LogP contribution in [-0.4, -0.2) is 73.5 Å². The van der Waals surface area contributed by atoms with Crippen molar-refractivity contribution in [3.63, 3.8) is 0 Å². The molecule has 4 amide bonds. The quantitative estimate of drug-likeness (QED) is 0.277. The smallest absolute Gasteiger partial charge is 0.335 e. The zero-order chi connectivity index (χ0) is 24.9. The van der Waals surface area contributed by atoms with Crippen molar-refractivity contribution < 1.29 is 32.9 Å². The molecule has 0 saturated carbocycles. The number of rotatable bonds is 5. The van der Waals surface area contributed by atoms with E-state index >= 15 is 0 Å². The zero-order valence-corrected chi connectivity index (χ0v) is 19.0. The lowest BCUT2D eigenvalue weighted by atomic mass is 9.98. The average Bonchev–Trinajstić information content (AvgIpc) is 3.10. The summed E-state index contributed by atoms with van der Waals surface area (Å²) in [5.41, 5.74) is 0.955. The Morgan fingerprint density at radius 2 is 1.60 bits per heavy atom. The monoisotopic (exact) mass is 493 g/mol. The number of carbonyl (C=O) groups excluding carboxylic acids is 5. The van der Waals surface area contributed by atoms with Crippen LogP contribution in [0.2, 0.25) is 0 Å². The van der Waals surface area contributed by atoms with Gasteiger partial charge in [-0.05, 0) is 29.8 Å². The molecule has 0 spiro atoms. The van der Waals surface area contributed by atoms with Crippen LogP contribution in [0.15, 0.2) is 66.7 Å². The standard InChI is InChI=1S/C24H19N3O7S/c1-13-11-35(33)23-17(25-19(28)14-7-3-2-4-8-14)22(31)27(23)18(13)24(32)34-12-26-20(29)15-9-5-6-10-16(15)21(26)30/h2-10,17-18,23H,1,11-12H2,(H,25,28)/t17?,18?,23-,35?/m0/s1. The van der Waals surface area contributed by atoms with Gasteiger partial charge in [0.05, 0.1) is 21.9 Å². The molecule has 0 radical (unpaired) electrons. The summed E-state index contributed by atoms with van der Waals surface area (Å²) in [7, 11) is -1.60. The van der Waals surface area contributed by atoms with Crippen molar-refractivity contribution >= 4 is 40.4 Å². The second-order valence-electron chi connectivity index (χ2n) is 8.22. The van der Waals surface area contributed by atoms with Gasteiger partial charge in [0, 0.05) is 11.3 Å². The highest BCUT2D eigenvalue weighted by molar-refractivity contribution is 7.86. The number of nitrogens with zero attached hydrogens (tertiary/aromatic N) is 2. The van der Waals surface area contributed by atoms with Gasteiger partial charge in [-0.2, -0.15) is 0 Å². The van der Waals surface area contributed by atoms with Gasteiger partial charge in [-0.25, -0.2) is 9.69 Å². The number of β-lactam (4-membered cyclic amide) rings is 1. The molecule has 178 valence electrons. The van der Waals surface area contributed by atoms with Crippen LogP contribution in [-0.2, 0) is 25.1 Å². The van der Waals surface area contributed by atoms with Gasteiger partial charge in [0.15, 0.2) is 12.8 Å². The number of ether oxygens (including phenoxy) is 1. The molecule has 10 nitrogen and oxygen atoms in total. The lowest BCUT2D eigenvalue weighted by Crippen LogP contribution is -2.77. The Hall–Kier alpha value is -4.12. The lowest BCUT2D eigenvalue weighted by molar-refractivity contribution is -0.164. The number of benzene rings is 2. The molecule has 3 heterocycles. The molecule has 4 atom stereocenters. The molecule has 5 rings (SSSR count). The van der Waals surface area contributed by atoms with E-state index in [2.05, 4.69) is 11.9 Å². The molecule has 11 heteroatoms. The summed E-state index contributed by atoms with van der Waals surface area (Å²) in [6.07, 6.45) is 0. The highest BCUT2D eigenvalue weighted by Crippen LogP contribution is 2.35. The minimum Gasteiger partial charge on any atom is -0.442 e. The molecule has 0 aromatic heterocycles. The van der Waals surface area contributed by atoms with E-state index in [1.54, 1.807) is 42.5 Å². The van der Waals surface area contributed by atoms with Gasteiger partial charge in [0.2, 0.25) is 5.91 Å². The Balaban J connectivity index is 1.28. The fraction of sp³-hybridized carbons (Fsp3) is 0.208. The molecule has 0 aliphatic carbocycles. The van der Waals surface area contributed by atoms with Crippen LogP contribution in [0, 0.1) is 0 Å². The molecule has 2 aromatic rings. The summed E-state index contributed by atoms with van der Waals surface area (Å²) in [4.78, 5) is 65.2. The van der Waals surface area contributed by atoms with Crippen molar-refractivity contribution in [2.45, 2.75) is 17.5 Å². The summed E-state index contributed by atoms with van der Waals surface area (Å²) < 4.78 is 18.0. The first-order valence-electron chi connectivity index (χ1n) is 10.6. The normalized spacial score (nSPS) is 25.0. The predicted molar refractivity (Wildman–Crippen MR) is 122 cm³/mol. The van der Waals surface area contributed by atoms with Gasteiger partial charge in [-0.1, -0.05) is 36.9 Å². The molecule has 3 aliphatic rings. The van der Waals surface area contributed by atoms with E-state index in [0.717, 1.165) is 9.80 Å². The van der Waals surface area contributed by atoms with Gasteiger partial charge in [0.1, 0.15) is 11.4 Å². The molecule has 2 saturated heterocycles. The van der Waals surface area contributed by atoms with Crippen LogP contribution >= 0.6 is 0 Å². The fourth-order valence-electron chi connectivity index (χ4n) is 4.37. The van der Waals surface area contributed by atoms with E-state index in [0.29, 0.717) is 5.56 Å². The van der Waals surface area contributed by atoms with Crippen molar-refractivity contribution in [1.82, 2.24) is 15.1 Å². The summed E-state index contributed by atoms with van der Waals surface area (Å²) in [6, 6.07) is 12.2. The van der Waals surface area contributed by atoms with Crippen molar-refractivity contribution in [3.8, 4) is 0 Å². The van der Waals surface area contributed by atoms with Gasteiger partial charge in [-0.15, -0.1) is 0 Å². The number of carbonyl (C=O) groups is 5. The van der Waals surface area contributed by atoms with Crippen molar-refractivity contribution in [1.29, 1.82) is 0 Å². The van der Waals surface area contributed by atoms with E-state index in [-0.39, 0.29) is 22.5 Å². The molecule has 35 heavy (non-hydrogen) atoms. The predicted octanol–water partition coefficient (Wildman–Crippen LogP) is 0.437. The Bertz CT molecular complexity index is 1290. The van der Waals surface area contributed by atoms with E-state index in [1.807, 2.05) is 0 Å². The highest BCUT2D eigenvalue weighted by Gasteiger charge is 2.59. The summed E-state index contributed by atoms with van der Waals surface area (Å²) in [5.74, 6) is -3.27. The highest BCUT2D eigenvalue weighted by atomic mass is 32.2. The zero-order valence-electron chi connectivity index (χ0n) is 18.2. The van der Waals surface area contributed by atoms with E-state index in [9.17, 15) is 28.2 Å². The first kappa shape index (κ1) is 22.7. The summed E-state index contributed by atoms with van der Waals surface area (Å²) in [6.45, 7) is 3.13. The third-order valence-corrected chi connectivity index (χ3v) is 7.79. The van der Waals surface area contributed by atoms with Gasteiger partial charge < -0.3 is 15.0 Å². The molecule has 1 N–H and O–H groups in total. The minimum absolute atomic E-state index is 0.0705. The summed E-state index contributed by atoms with van der Waals surface area (Å²) in [5, 5.41) is 1.65. The van der Waals surface area contributed by atoms with Gasteiger partial charge in [0.25, 0.3) is 17.7 Å². The number of amides is 4. The number of esters is 1. The summed E-state index contributed by atoms with van der Waals surface area (Å²) >= 11 is 0. The number of fused-ring (bicyclic) bond motifs is 2. The fourth-order valence-corrected chi connectivity index (χ4v) is 6.03. The Labute approximate surface area is 202 Å². The van der Waals surface area contributed by atoms with E-state index < -0.39 is 64.6 Å². The minimum atomic E-state index is -1.60. The van der Waals surface area contributed by atoms with Crippen LogP contribution in [0.5, 0.6) is 0 Å². The Kier molecular flexibility index (Phi) is 5.56. The van der Waals surface area contributed by atoms with Crippen LogP contribution in [0.1, 0.15) is 31.1 Å². The molecule has 2 aromatic carbocycles. The molecule has 0 bridgehead atoms. The molecule has 2 fully saturated rings. The van der Waals surface area contributed by atoms with Gasteiger partial charge in [-0.3, -0.25) is 23.4 Å². The number of hydrogen-bond donors (Lipinski definition) is 1. The topological polar surface area (TPSA) is 130 Å². The third kappa shape index (κ3) is 3.64. The van der Waals surface area contributed by atoms with Crippen molar-refractivity contribution in [2.24, 2.45) is 0 Å².